The van der Waals surface area contributed by atoms with Crippen molar-refractivity contribution in [2.24, 2.45) is 0 Å². The third-order valence-electron chi connectivity index (χ3n) is 5.98. The van der Waals surface area contributed by atoms with E-state index in [4.69, 9.17) is 14.2 Å². The zero-order valence-electron chi connectivity index (χ0n) is 18.3. The summed E-state index contributed by atoms with van der Waals surface area (Å²) in [5, 5.41) is 9.76. The van der Waals surface area contributed by atoms with Gasteiger partial charge in [0.2, 0.25) is 12.5 Å². The number of ether oxygens (including phenoxy) is 3. The van der Waals surface area contributed by atoms with Crippen LogP contribution in [-0.2, 0) is 6.42 Å². The van der Waals surface area contributed by atoms with Crippen LogP contribution in [0.25, 0.3) is 0 Å². The Kier molecular flexibility index (Phi) is 8.33. The van der Waals surface area contributed by atoms with E-state index in [1.54, 1.807) is 32.2 Å². The number of nitrogens with zero attached hydrogens (tertiary/aromatic N) is 1. The number of rotatable bonds is 4. The van der Waals surface area contributed by atoms with Gasteiger partial charge in [-0.2, -0.15) is 0 Å². The zero-order chi connectivity index (χ0) is 22.1. The maximum Gasteiger partial charge on any atom is 0.231 e. The average Bonchev–Trinajstić information content (AvgIpc) is 3.20. The number of aromatic hydroxyl groups is 1. The summed E-state index contributed by atoms with van der Waals surface area (Å²) < 4.78 is 17.7. The fourth-order valence-corrected chi connectivity index (χ4v) is 4.24. The molecule has 31 heavy (non-hydrogen) atoms. The smallest absolute Gasteiger partial charge is 0.231 e. The molecule has 6 nitrogen and oxygen atoms in total. The maximum absolute atomic E-state index is 13.1. The average molecular weight is 533 g/mol. The van der Waals surface area contributed by atoms with Crippen LogP contribution in [0.2, 0.25) is 0 Å². The van der Waals surface area contributed by atoms with Crippen LogP contribution in [0.3, 0.4) is 0 Å². The summed E-state index contributed by atoms with van der Waals surface area (Å²) in [6, 6.07) is 6.98. The van der Waals surface area contributed by atoms with E-state index >= 15 is 0 Å². The molecule has 0 saturated carbocycles. The molecule has 4 radical (unpaired) electrons. The molecule has 2 aliphatic rings. The molecule has 1 N–H and O–H groups in total. The topological polar surface area (TPSA) is 65.0 Å². The van der Waals surface area contributed by atoms with Crippen LogP contribution in [0.1, 0.15) is 39.5 Å². The predicted molar refractivity (Wildman–Crippen MR) is 116 cm³/mol. The van der Waals surface area contributed by atoms with Crippen molar-refractivity contribution in [1.29, 1.82) is 0 Å². The minimum atomic E-state index is -0.0604. The second-order valence-corrected chi connectivity index (χ2v) is 8.11. The summed E-state index contributed by atoms with van der Waals surface area (Å²) in [5.74, 6) is 2.26. The number of quaternary nitrogens is 1. The van der Waals surface area contributed by atoms with Crippen molar-refractivity contribution < 1.29 is 52.6 Å². The molecule has 2 heterocycles. The van der Waals surface area contributed by atoms with E-state index in [0.717, 1.165) is 24.1 Å². The molecule has 2 aromatic carbocycles. The lowest BCUT2D eigenvalue weighted by Gasteiger charge is -2.43. The fraction of sp³-hybridized carbons (Fsp3) is 0.409. The Morgan fingerprint density at radius 2 is 1.97 bits per heavy atom. The van der Waals surface area contributed by atoms with Crippen LogP contribution in [0.5, 0.6) is 23.0 Å². The molecule has 0 fully saturated rings. The Labute approximate surface area is 203 Å². The monoisotopic (exact) mass is 533 g/mol. The van der Waals surface area contributed by atoms with Crippen molar-refractivity contribution in [1.82, 2.24) is 0 Å². The summed E-state index contributed by atoms with van der Waals surface area (Å²) >= 11 is 0. The lowest BCUT2D eigenvalue weighted by Crippen LogP contribution is -3.00. The van der Waals surface area contributed by atoms with Crippen LogP contribution in [0.15, 0.2) is 24.3 Å². The molecule has 0 aliphatic carbocycles. The molecule has 0 aromatic heterocycles. The van der Waals surface area contributed by atoms with Crippen molar-refractivity contribution in [2.45, 2.75) is 25.8 Å². The Balaban J connectivity index is 0.00000111. The van der Waals surface area contributed by atoms with Gasteiger partial charge in [0.15, 0.2) is 17.3 Å². The number of benzene rings is 2. The third-order valence-corrected chi connectivity index (χ3v) is 5.98. The molecule has 9 heteroatoms. The predicted octanol–water partition coefficient (Wildman–Crippen LogP) is -0.373. The first-order chi connectivity index (χ1) is 14.3. The quantitative estimate of drug-likeness (QED) is 0.252. The first-order valence-corrected chi connectivity index (χ1v) is 9.80. The highest BCUT2D eigenvalue weighted by molar-refractivity contribution is 6.75. The molecule has 0 spiro atoms. The second-order valence-electron chi connectivity index (χ2n) is 8.11. The molecular formula is C22H26B2INO5. The van der Waals surface area contributed by atoms with Crippen molar-refractivity contribution in [3.63, 3.8) is 0 Å². The Bertz CT molecular complexity index is 967. The molecule has 0 bridgehead atoms. The highest BCUT2D eigenvalue weighted by atomic mass is 127. The SMILES string of the molecule is COc1c2c(cc3c1C(CC(=O)c1ccc(O)c(C)c1)[N+](C)(C)CC3)OCO2.[B][B].[I-]. The number of methoxy groups -OCH3 is 1. The molecule has 0 saturated heterocycles. The summed E-state index contributed by atoms with van der Waals surface area (Å²) in [7, 11) is 13.9. The Morgan fingerprint density at radius 3 is 2.61 bits per heavy atom. The van der Waals surface area contributed by atoms with Gasteiger partial charge in [0.1, 0.15) is 11.8 Å². The van der Waals surface area contributed by atoms with Crippen LogP contribution in [0, 0.1) is 6.92 Å². The molecule has 162 valence electrons. The van der Waals surface area contributed by atoms with Crippen molar-refractivity contribution in [2.75, 3.05) is 34.5 Å². The van der Waals surface area contributed by atoms with Crippen molar-refractivity contribution >= 4 is 21.3 Å². The number of halogens is 1. The van der Waals surface area contributed by atoms with Crippen LogP contribution < -0.4 is 38.2 Å². The number of carbonyl (C=O) groups excluding carboxylic acids is 1. The lowest BCUT2D eigenvalue weighted by atomic mass is 9.81. The number of Topliss-reactive ketones (excluding diaryl/α,β-unsaturated/α-hetero) is 1. The number of carbonyl (C=O) groups is 1. The number of fused-ring (bicyclic) bond motifs is 2. The van der Waals surface area contributed by atoms with E-state index in [0.29, 0.717) is 39.3 Å². The van der Waals surface area contributed by atoms with Gasteiger partial charge in [0.05, 0.1) is 39.7 Å². The van der Waals surface area contributed by atoms with E-state index < -0.39 is 0 Å². The van der Waals surface area contributed by atoms with Crippen LogP contribution >= 0.6 is 0 Å². The van der Waals surface area contributed by atoms with E-state index in [9.17, 15) is 9.90 Å². The van der Waals surface area contributed by atoms with Gasteiger partial charge in [-0.25, -0.2) is 0 Å². The van der Waals surface area contributed by atoms with Gasteiger partial charge < -0.3 is 47.8 Å². The zero-order valence-corrected chi connectivity index (χ0v) is 20.4. The van der Waals surface area contributed by atoms with Crippen molar-refractivity contribution in [3.8, 4) is 23.0 Å². The largest absolute Gasteiger partial charge is 1.00 e. The van der Waals surface area contributed by atoms with Crippen LogP contribution in [-0.4, -0.2) is 65.4 Å². The Morgan fingerprint density at radius 1 is 1.26 bits per heavy atom. The molecule has 1 unspecified atom stereocenters. The number of aryl methyl sites for hydroxylation is 1. The number of hydrogen-bond donors (Lipinski definition) is 1. The number of phenols is 1. The standard InChI is InChI=1S/C22H25NO5.B2.HI/c1-13-9-14(5-6-17(13)24)18(25)11-16-20-15(7-8-23(16,2)3)10-19-21(22(20)26-4)28-12-27-19;1-2;/h5-6,9-10,16H,7-8,11-12H2,1-4H3;;1H. The van der Waals surface area contributed by atoms with E-state index in [2.05, 4.69) is 29.6 Å². The van der Waals surface area contributed by atoms with E-state index in [-0.39, 0.29) is 48.3 Å². The molecule has 2 aliphatic heterocycles. The van der Waals surface area contributed by atoms with Crippen molar-refractivity contribution in [3.05, 3.63) is 46.5 Å². The highest BCUT2D eigenvalue weighted by Crippen LogP contribution is 2.51. The van der Waals surface area contributed by atoms with Gasteiger partial charge in [-0.05, 0) is 42.3 Å². The summed E-state index contributed by atoms with van der Waals surface area (Å²) in [4.78, 5) is 13.1. The van der Waals surface area contributed by atoms with Gasteiger partial charge in [0.25, 0.3) is 0 Å². The molecular weight excluding hydrogens is 507 g/mol. The summed E-state index contributed by atoms with van der Waals surface area (Å²) in [6.07, 6.45) is 1.23. The van der Waals surface area contributed by atoms with E-state index in [1.165, 1.54) is 0 Å². The van der Waals surface area contributed by atoms with Gasteiger partial charge >= 0.3 is 0 Å². The highest BCUT2D eigenvalue weighted by Gasteiger charge is 2.42. The number of likely N-dealkylation sites (N-methyl/N-ethyl adjacent to an activating group) is 1. The number of ketones is 1. The minimum absolute atomic E-state index is 0. The molecule has 2 aromatic rings. The van der Waals surface area contributed by atoms with Crippen LogP contribution in [0.4, 0.5) is 0 Å². The summed E-state index contributed by atoms with van der Waals surface area (Å²) in [6.45, 7) is 2.90. The second kappa shape index (κ2) is 10.2. The van der Waals surface area contributed by atoms with Gasteiger partial charge in [-0.3, -0.25) is 4.79 Å². The number of phenolic OH excluding ortho intramolecular Hbond substituents is 1. The lowest BCUT2D eigenvalue weighted by molar-refractivity contribution is -0.922. The summed E-state index contributed by atoms with van der Waals surface area (Å²) in [5.41, 5.74) is 3.50. The van der Waals surface area contributed by atoms with Gasteiger partial charge in [-0.1, -0.05) is 0 Å². The first-order valence-electron chi connectivity index (χ1n) is 9.80. The molecule has 1 atom stereocenters. The third kappa shape index (κ3) is 4.82. The normalized spacial score (nSPS) is 17.5. The van der Waals surface area contributed by atoms with Gasteiger partial charge in [0, 0.05) is 27.5 Å². The van der Waals surface area contributed by atoms with E-state index in [1.807, 2.05) is 6.07 Å². The maximum atomic E-state index is 13.1. The number of hydrogen-bond acceptors (Lipinski definition) is 5. The Hall–Kier alpha value is -1.87. The minimum Gasteiger partial charge on any atom is -1.00 e. The first kappa shape index (κ1) is 25.4. The van der Waals surface area contributed by atoms with Gasteiger partial charge in [-0.15, -0.1) is 0 Å². The molecule has 0 amide bonds. The fourth-order valence-electron chi connectivity index (χ4n) is 4.24. The molecule has 4 rings (SSSR count).